The maximum absolute atomic E-state index is 12.0. The smallest absolute Gasteiger partial charge is 0.200 e. The Kier molecular flexibility index (Phi) is 7.61. The predicted molar refractivity (Wildman–Crippen MR) is 177 cm³/mol. The van der Waals surface area contributed by atoms with Crippen molar-refractivity contribution in [1.29, 1.82) is 0 Å². The van der Waals surface area contributed by atoms with Crippen molar-refractivity contribution < 1.29 is 9.15 Å². The van der Waals surface area contributed by atoms with Crippen LogP contribution in [0.25, 0.3) is 21.9 Å². The van der Waals surface area contributed by atoms with Crippen LogP contribution in [-0.4, -0.2) is 0 Å². The molecular formula is C37H25NO3S2. The van der Waals surface area contributed by atoms with Crippen molar-refractivity contribution in [2.45, 2.75) is 19.6 Å². The van der Waals surface area contributed by atoms with Gasteiger partial charge in [0.2, 0.25) is 5.43 Å². The van der Waals surface area contributed by atoms with Crippen molar-refractivity contribution >= 4 is 56.8 Å². The van der Waals surface area contributed by atoms with Crippen LogP contribution in [0, 0.1) is 0 Å². The number of hydrogen-bond acceptors (Lipinski definition) is 6. The Bertz CT molecular complexity index is 1820. The lowest BCUT2D eigenvalue weighted by atomic mass is 10.1. The first-order valence-corrected chi connectivity index (χ1v) is 15.4. The van der Waals surface area contributed by atoms with Crippen molar-refractivity contribution in [1.82, 2.24) is 0 Å². The van der Waals surface area contributed by atoms with Crippen LogP contribution >= 0.6 is 23.5 Å². The molecule has 0 radical (unpaired) electrons. The summed E-state index contributed by atoms with van der Waals surface area (Å²) in [5.74, 6) is 1.91. The third-order valence-electron chi connectivity index (χ3n) is 6.88. The van der Waals surface area contributed by atoms with Crippen molar-refractivity contribution in [3.63, 3.8) is 0 Å². The van der Waals surface area contributed by atoms with Crippen LogP contribution in [-0.2, 0) is 0 Å². The van der Waals surface area contributed by atoms with Gasteiger partial charge in [-0.15, -0.1) is 0 Å². The number of ether oxygens (including phenoxy) is 1. The van der Waals surface area contributed by atoms with Gasteiger partial charge in [0, 0.05) is 9.79 Å². The molecule has 0 saturated carbocycles. The molecule has 6 aromatic carbocycles. The van der Waals surface area contributed by atoms with Crippen molar-refractivity contribution in [3.05, 3.63) is 156 Å². The Morgan fingerprint density at radius 3 is 1.37 bits per heavy atom. The molecule has 2 aliphatic rings. The molecule has 0 saturated heterocycles. The maximum Gasteiger partial charge on any atom is 0.200 e. The van der Waals surface area contributed by atoms with Crippen LogP contribution in [0.4, 0.5) is 11.4 Å². The Hall–Kier alpha value is -4.91. The van der Waals surface area contributed by atoms with E-state index in [9.17, 15) is 4.79 Å². The fourth-order valence-electron chi connectivity index (χ4n) is 4.81. The highest BCUT2D eigenvalue weighted by Crippen LogP contribution is 2.46. The standard InChI is InChI=1S/C13H8O2.C12H9NS.C12H8OS/c14-13-9-5-1-3-7-11(9)15-12-8-4-2-6-10(12)13;2*1-3-7-11-9(5-1)13-10-6-2-4-8-12(10)14-11/h1-8H;1-8,13H;1-8H. The van der Waals surface area contributed by atoms with Crippen LogP contribution in [0.2, 0.25) is 0 Å². The Labute approximate surface area is 257 Å². The van der Waals surface area contributed by atoms with E-state index < -0.39 is 0 Å². The van der Waals surface area contributed by atoms with Gasteiger partial charge in [-0.3, -0.25) is 4.79 Å². The number of nitrogens with one attached hydrogen (secondary N) is 1. The topological polar surface area (TPSA) is 51.5 Å². The Morgan fingerprint density at radius 2 is 0.837 bits per heavy atom. The predicted octanol–water partition coefficient (Wildman–Crippen LogP) is 10.8. The second kappa shape index (κ2) is 12.1. The van der Waals surface area contributed by atoms with E-state index in [1.807, 2.05) is 84.6 Å². The van der Waals surface area contributed by atoms with Gasteiger partial charge in [0.05, 0.1) is 31.9 Å². The van der Waals surface area contributed by atoms with Gasteiger partial charge in [-0.25, -0.2) is 0 Å². The lowest BCUT2D eigenvalue weighted by Crippen LogP contribution is -2.01. The minimum atomic E-state index is 0.0347. The molecule has 0 amide bonds. The molecule has 0 bridgehead atoms. The van der Waals surface area contributed by atoms with Gasteiger partial charge in [0.1, 0.15) is 22.7 Å². The molecule has 2 aliphatic heterocycles. The third kappa shape index (κ3) is 5.75. The molecular weight excluding hydrogens is 571 g/mol. The van der Waals surface area contributed by atoms with E-state index >= 15 is 0 Å². The third-order valence-corrected chi connectivity index (χ3v) is 9.15. The highest BCUT2D eigenvalue weighted by Gasteiger charge is 2.16. The Morgan fingerprint density at radius 1 is 0.442 bits per heavy atom. The summed E-state index contributed by atoms with van der Waals surface area (Å²) in [6.45, 7) is 0. The molecule has 9 rings (SSSR count). The van der Waals surface area contributed by atoms with E-state index in [1.165, 1.54) is 31.0 Å². The Balaban J connectivity index is 0.000000105. The van der Waals surface area contributed by atoms with E-state index in [4.69, 9.17) is 9.15 Å². The minimum Gasteiger partial charge on any atom is -0.456 e. The fraction of sp³-hybridized carbons (Fsp3) is 0. The van der Waals surface area contributed by atoms with E-state index in [2.05, 4.69) is 66.0 Å². The van der Waals surface area contributed by atoms with E-state index in [-0.39, 0.29) is 5.43 Å². The summed E-state index contributed by atoms with van der Waals surface area (Å²) >= 11 is 3.58. The first-order chi connectivity index (χ1) is 21.2. The van der Waals surface area contributed by atoms with Gasteiger partial charge < -0.3 is 14.5 Å². The molecule has 7 aromatic rings. The molecule has 43 heavy (non-hydrogen) atoms. The van der Waals surface area contributed by atoms with Gasteiger partial charge in [-0.2, -0.15) is 0 Å². The summed E-state index contributed by atoms with van der Waals surface area (Å²) in [6.07, 6.45) is 0. The molecule has 0 spiro atoms. The lowest BCUT2D eigenvalue weighted by Gasteiger charge is -2.19. The van der Waals surface area contributed by atoms with Crippen molar-refractivity contribution in [2.24, 2.45) is 0 Å². The summed E-state index contributed by atoms with van der Waals surface area (Å²) < 4.78 is 11.4. The highest BCUT2D eigenvalue weighted by atomic mass is 32.2. The van der Waals surface area contributed by atoms with Crippen molar-refractivity contribution in [3.8, 4) is 11.5 Å². The monoisotopic (exact) mass is 595 g/mol. The van der Waals surface area contributed by atoms with Gasteiger partial charge in [-0.05, 0) is 72.8 Å². The largest absolute Gasteiger partial charge is 0.456 e. The molecule has 208 valence electrons. The van der Waals surface area contributed by atoms with Gasteiger partial charge in [0.15, 0.2) is 0 Å². The molecule has 1 N–H and O–H groups in total. The molecule has 0 atom stereocenters. The van der Waals surface area contributed by atoms with E-state index in [1.54, 1.807) is 23.9 Å². The summed E-state index contributed by atoms with van der Waals surface area (Å²) in [5, 5.41) is 4.69. The first-order valence-electron chi connectivity index (χ1n) is 13.8. The molecule has 0 unspecified atom stereocenters. The normalized spacial score (nSPS) is 12.0. The lowest BCUT2D eigenvalue weighted by molar-refractivity contribution is 0.454. The van der Waals surface area contributed by atoms with Crippen molar-refractivity contribution in [2.75, 3.05) is 5.32 Å². The molecule has 0 aliphatic carbocycles. The van der Waals surface area contributed by atoms with Crippen LogP contribution < -0.4 is 15.5 Å². The average molecular weight is 596 g/mol. The summed E-state index contributed by atoms with van der Waals surface area (Å²) in [5.41, 5.74) is 3.72. The summed E-state index contributed by atoms with van der Waals surface area (Å²) in [7, 11) is 0. The highest BCUT2D eigenvalue weighted by molar-refractivity contribution is 8.00. The first kappa shape index (κ1) is 27.0. The zero-order valence-electron chi connectivity index (χ0n) is 22.9. The zero-order valence-corrected chi connectivity index (χ0v) is 24.5. The number of para-hydroxylation sites is 6. The van der Waals surface area contributed by atoms with Crippen LogP contribution in [0.1, 0.15) is 0 Å². The number of fused-ring (bicyclic) bond motifs is 6. The number of rotatable bonds is 0. The second-order valence-corrected chi connectivity index (χ2v) is 11.9. The second-order valence-electron chi connectivity index (χ2n) is 9.74. The number of anilines is 2. The van der Waals surface area contributed by atoms with Crippen LogP contribution in [0.3, 0.4) is 0 Å². The SMILES string of the molecule is O=c1c2ccccc2oc2ccccc12.c1ccc2c(c1)Nc1ccccc1S2.c1ccc2c(c1)Oc1ccccc1S2. The number of hydrogen-bond donors (Lipinski definition) is 1. The van der Waals surface area contributed by atoms with Gasteiger partial charge >= 0.3 is 0 Å². The fourth-order valence-corrected chi connectivity index (χ4v) is 6.74. The van der Waals surface area contributed by atoms with Gasteiger partial charge in [0.25, 0.3) is 0 Å². The molecule has 6 heteroatoms. The summed E-state index contributed by atoms with van der Waals surface area (Å²) in [4.78, 5) is 17.0. The number of benzene rings is 6. The molecule has 0 fully saturated rings. The quantitative estimate of drug-likeness (QED) is 0.176. The molecule has 4 nitrogen and oxygen atoms in total. The minimum absolute atomic E-state index is 0.0347. The summed E-state index contributed by atoms with van der Waals surface area (Å²) in [6, 6.07) is 47.6. The van der Waals surface area contributed by atoms with Crippen LogP contribution in [0.5, 0.6) is 11.5 Å². The van der Waals surface area contributed by atoms with Crippen LogP contribution in [0.15, 0.2) is 174 Å². The molecule has 3 heterocycles. The van der Waals surface area contributed by atoms with E-state index in [0.717, 1.165) is 11.5 Å². The molecule has 1 aromatic heterocycles. The van der Waals surface area contributed by atoms with Gasteiger partial charge in [-0.1, -0.05) is 96.3 Å². The zero-order chi connectivity index (χ0) is 29.0. The average Bonchev–Trinajstić information content (AvgIpc) is 3.07. The maximum atomic E-state index is 12.0. The van der Waals surface area contributed by atoms with E-state index in [0.29, 0.717) is 21.9 Å².